The van der Waals surface area contributed by atoms with Gasteiger partial charge in [0.15, 0.2) is 0 Å². The van der Waals surface area contributed by atoms with Gasteiger partial charge in [-0.05, 0) is 18.2 Å². The molecule has 0 unspecified atom stereocenters. The number of rotatable bonds is 3. The fourth-order valence-electron chi connectivity index (χ4n) is 1.13. The molecule has 0 aliphatic rings. The second-order valence-electron chi connectivity index (χ2n) is 3.05. The second-order valence-corrected chi connectivity index (χ2v) is 3.89. The fourth-order valence-corrected chi connectivity index (χ4v) is 1.63. The number of hydrogen-bond donors (Lipinski definition) is 0. The summed E-state index contributed by atoms with van der Waals surface area (Å²) < 4.78 is 0. The summed E-state index contributed by atoms with van der Waals surface area (Å²) in [5.74, 6) is -0.331. The molecular weight excluding hydrogens is 263 g/mol. The van der Waals surface area contributed by atoms with E-state index in [0.717, 1.165) is 6.21 Å². The van der Waals surface area contributed by atoms with Gasteiger partial charge in [-0.1, -0.05) is 23.2 Å². The van der Waals surface area contributed by atoms with E-state index in [0.29, 0.717) is 10.6 Å². The zero-order valence-electron chi connectivity index (χ0n) is 8.42. The highest BCUT2D eigenvalue weighted by Gasteiger charge is 2.08. The van der Waals surface area contributed by atoms with Gasteiger partial charge < -0.3 is 0 Å². The lowest BCUT2D eigenvalue weighted by Gasteiger charge is -1.99. The Labute approximate surface area is 107 Å². The van der Waals surface area contributed by atoms with Crippen molar-refractivity contribution in [3.05, 3.63) is 46.5 Å². The molecule has 2 aromatic rings. The molecule has 7 heteroatoms. The van der Waals surface area contributed by atoms with Gasteiger partial charge in [0, 0.05) is 10.6 Å². The van der Waals surface area contributed by atoms with Crippen LogP contribution in [0.3, 0.4) is 0 Å². The predicted octanol–water partition coefficient (Wildman–Crippen LogP) is 2.30. The molecule has 86 valence electrons. The van der Waals surface area contributed by atoms with Crippen LogP contribution in [0.25, 0.3) is 0 Å². The Kier molecular flexibility index (Phi) is 3.51. The van der Waals surface area contributed by atoms with E-state index in [1.54, 1.807) is 12.1 Å². The molecule has 0 atom stereocenters. The lowest BCUT2D eigenvalue weighted by atomic mass is 10.1. The molecule has 1 aromatic heterocycles. The minimum absolute atomic E-state index is 0.285. The molecule has 5 nitrogen and oxygen atoms in total. The van der Waals surface area contributed by atoms with Gasteiger partial charge >= 0.3 is 0 Å². The molecule has 0 saturated heterocycles. The molecule has 0 amide bonds. The quantitative estimate of drug-likeness (QED) is 0.634. The van der Waals surface area contributed by atoms with Gasteiger partial charge in [0.25, 0.3) is 0 Å². The largest absolute Gasteiger partial charge is 0.287 e. The lowest BCUT2D eigenvalue weighted by Crippen LogP contribution is -2.03. The number of Topliss-reactive ketones (excluding diaryl/α,β-unsaturated/α-hetero) is 1. The van der Waals surface area contributed by atoms with Crippen LogP contribution in [0.15, 0.2) is 36.0 Å². The van der Waals surface area contributed by atoms with Crippen molar-refractivity contribution in [2.45, 2.75) is 0 Å². The molecule has 17 heavy (non-hydrogen) atoms. The van der Waals surface area contributed by atoms with E-state index in [2.05, 4.69) is 15.2 Å². The maximum Gasteiger partial charge on any atom is 0.207 e. The van der Waals surface area contributed by atoms with E-state index in [4.69, 9.17) is 23.2 Å². The van der Waals surface area contributed by atoms with Gasteiger partial charge in [0.2, 0.25) is 5.78 Å². The van der Waals surface area contributed by atoms with Crippen LogP contribution in [0.5, 0.6) is 0 Å². The van der Waals surface area contributed by atoms with E-state index in [-0.39, 0.29) is 10.8 Å². The summed E-state index contributed by atoms with van der Waals surface area (Å²) in [6.45, 7) is 0. The first-order chi connectivity index (χ1) is 8.16. The van der Waals surface area contributed by atoms with Gasteiger partial charge in [-0.15, -0.1) is 9.89 Å². The first kappa shape index (κ1) is 11.8. The van der Waals surface area contributed by atoms with Crippen molar-refractivity contribution >= 4 is 35.2 Å². The van der Waals surface area contributed by atoms with Gasteiger partial charge in [0.05, 0.1) is 11.2 Å². The Bertz CT molecular complexity index is 566. The minimum atomic E-state index is -0.331. The highest BCUT2D eigenvalue weighted by molar-refractivity contribution is 6.43. The van der Waals surface area contributed by atoms with E-state index in [1.165, 1.54) is 23.5 Å². The average molecular weight is 269 g/mol. The van der Waals surface area contributed by atoms with Crippen LogP contribution < -0.4 is 0 Å². The number of benzene rings is 1. The van der Waals surface area contributed by atoms with Crippen molar-refractivity contribution < 1.29 is 4.79 Å². The van der Waals surface area contributed by atoms with Crippen LogP contribution in [-0.4, -0.2) is 26.9 Å². The van der Waals surface area contributed by atoms with Crippen LogP contribution >= 0.6 is 23.2 Å². The van der Waals surface area contributed by atoms with E-state index in [9.17, 15) is 4.79 Å². The number of hydrogen-bond acceptors (Lipinski definition) is 4. The van der Waals surface area contributed by atoms with Crippen LogP contribution in [0, 0.1) is 0 Å². The molecule has 0 aliphatic heterocycles. The summed E-state index contributed by atoms with van der Waals surface area (Å²) in [6, 6.07) is 4.63. The number of halogens is 2. The first-order valence-electron chi connectivity index (χ1n) is 4.55. The summed E-state index contributed by atoms with van der Waals surface area (Å²) in [5.41, 5.74) is 0.333. The highest BCUT2D eigenvalue weighted by Crippen LogP contribution is 2.20. The standard InChI is InChI=1S/C10H6Cl2N4O/c11-7-1-2-8(9(12)3-7)10(17)4-14-16-6-13-5-15-16/h1-6H/b14-4-. The molecule has 0 bridgehead atoms. The number of carbonyl (C=O) groups excluding carboxylic acids is 1. The minimum Gasteiger partial charge on any atom is -0.287 e. The first-order valence-corrected chi connectivity index (χ1v) is 5.31. The topological polar surface area (TPSA) is 60.1 Å². The molecule has 1 heterocycles. The van der Waals surface area contributed by atoms with Gasteiger partial charge in [0.1, 0.15) is 12.7 Å². The maximum atomic E-state index is 11.7. The lowest BCUT2D eigenvalue weighted by molar-refractivity contribution is 0.107. The maximum absolute atomic E-state index is 11.7. The van der Waals surface area contributed by atoms with Gasteiger partial charge in [-0.3, -0.25) is 4.79 Å². The number of aromatic nitrogens is 3. The van der Waals surface area contributed by atoms with Crippen LogP contribution in [0.2, 0.25) is 10.0 Å². The molecule has 0 fully saturated rings. The molecule has 0 saturated carbocycles. The summed E-state index contributed by atoms with van der Waals surface area (Å²) in [4.78, 5) is 16.6. The van der Waals surface area contributed by atoms with Crippen molar-refractivity contribution in [3.8, 4) is 0 Å². The molecule has 2 rings (SSSR count). The predicted molar refractivity (Wildman–Crippen MR) is 64.7 cm³/mol. The van der Waals surface area contributed by atoms with Crippen LogP contribution in [0.4, 0.5) is 0 Å². The third-order valence-electron chi connectivity index (χ3n) is 1.90. The summed E-state index contributed by atoms with van der Waals surface area (Å²) in [6.07, 6.45) is 3.80. The molecule has 1 aromatic carbocycles. The van der Waals surface area contributed by atoms with E-state index >= 15 is 0 Å². The second kappa shape index (κ2) is 5.07. The summed E-state index contributed by atoms with van der Waals surface area (Å²) >= 11 is 11.6. The molecule has 0 N–H and O–H groups in total. The van der Waals surface area contributed by atoms with Crippen molar-refractivity contribution in [2.24, 2.45) is 5.10 Å². The average Bonchev–Trinajstić information content (AvgIpc) is 2.78. The zero-order chi connectivity index (χ0) is 12.3. The Balaban J connectivity index is 2.20. The molecule has 0 spiro atoms. The van der Waals surface area contributed by atoms with Gasteiger partial charge in [-0.25, -0.2) is 4.98 Å². The van der Waals surface area contributed by atoms with Crippen molar-refractivity contribution in [1.82, 2.24) is 14.9 Å². The molecule has 0 aliphatic carbocycles. The summed E-state index contributed by atoms with van der Waals surface area (Å²) in [7, 11) is 0. The zero-order valence-corrected chi connectivity index (χ0v) is 9.93. The fraction of sp³-hybridized carbons (Fsp3) is 0. The number of ketones is 1. The monoisotopic (exact) mass is 268 g/mol. The Morgan fingerprint density at radius 1 is 1.41 bits per heavy atom. The van der Waals surface area contributed by atoms with Crippen LogP contribution in [0.1, 0.15) is 10.4 Å². The highest BCUT2D eigenvalue weighted by atomic mass is 35.5. The Morgan fingerprint density at radius 3 is 2.88 bits per heavy atom. The molecular formula is C10H6Cl2N4O. The number of nitrogens with zero attached hydrogens (tertiary/aromatic N) is 4. The third-order valence-corrected chi connectivity index (χ3v) is 2.44. The van der Waals surface area contributed by atoms with E-state index < -0.39 is 0 Å². The van der Waals surface area contributed by atoms with E-state index in [1.807, 2.05) is 0 Å². The Morgan fingerprint density at radius 2 is 2.24 bits per heavy atom. The van der Waals surface area contributed by atoms with Crippen molar-refractivity contribution in [3.63, 3.8) is 0 Å². The Hall–Kier alpha value is -1.72. The SMILES string of the molecule is O=C(/C=N\n1cncn1)c1ccc(Cl)cc1Cl. The molecule has 0 radical (unpaired) electrons. The smallest absolute Gasteiger partial charge is 0.207 e. The van der Waals surface area contributed by atoms with Crippen molar-refractivity contribution in [2.75, 3.05) is 0 Å². The summed E-state index contributed by atoms with van der Waals surface area (Å²) in [5, 5.41) is 8.26. The number of carbonyl (C=O) groups is 1. The third kappa shape index (κ3) is 2.89. The van der Waals surface area contributed by atoms with Crippen LogP contribution in [-0.2, 0) is 0 Å². The van der Waals surface area contributed by atoms with Crippen molar-refractivity contribution in [1.29, 1.82) is 0 Å². The van der Waals surface area contributed by atoms with Gasteiger partial charge in [-0.2, -0.15) is 5.10 Å². The normalized spacial score (nSPS) is 10.9.